The molecule has 0 bridgehead atoms. The highest BCUT2D eigenvalue weighted by Crippen LogP contribution is 2.35. The molecular weight excluding hydrogens is 272 g/mol. The Bertz CT molecular complexity index is 558. The summed E-state index contributed by atoms with van der Waals surface area (Å²) in [7, 11) is 5.31. The van der Waals surface area contributed by atoms with Gasteiger partial charge < -0.3 is 14.8 Å². The highest BCUT2D eigenvalue weighted by molar-refractivity contribution is 7.15. The lowest BCUT2D eigenvalue weighted by Gasteiger charge is -2.06. The molecule has 0 atom stereocenters. The van der Waals surface area contributed by atoms with Crippen LogP contribution in [0.5, 0.6) is 5.75 Å². The summed E-state index contributed by atoms with van der Waals surface area (Å²) in [6.45, 7) is 3.38. The van der Waals surface area contributed by atoms with Gasteiger partial charge in [0.1, 0.15) is 10.8 Å². The van der Waals surface area contributed by atoms with Gasteiger partial charge in [0.15, 0.2) is 0 Å². The Kier molecular flexibility index (Phi) is 5.11. The van der Waals surface area contributed by atoms with Crippen LogP contribution in [0, 0.1) is 6.92 Å². The van der Waals surface area contributed by atoms with Gasteiger partial charge in [-0.3, -0.25) is 0 Å². The molecule has 0 amide bonds. The van der Waals surface area contributed by atoms with E-state index < -0.39 is 0 Å². The largest absolute Gasteiger partial charge is 0.496 e. The molecule has 0 aliphatic carbocycles. The number of aromatic nitrogens is 1. The number of rotatable bonds is 6. The van der Waals surface area contributed by atoms with Crippen LogP contribution >= 0.6 is 11.3 Å². The Hall–Kier alpha value is -1.43. The van der Waals surface area contributed by atoms with Crippen LogP contribution in [0.25, 0.3) is 10.6 Å². The van der Waals surface area contributed by atoms with Crippen LogP contribution in [-0.2, 0) is 17.9 Å². The predicted octanol–water partition coefficient (Wildman–Crippen LogP) is 2.99. The summed E-state index contributed by atoms with van der Waals surface area (Å²) in [5, 5.41) is 4.14. The third kappa shape index (κ3) is 3.17. The molecule has 0 unspecified atom stereocenters. The van der Waals surface area contributed by atoms with Gasteiger partial charge >= 0.3 is 0 Å². The molecular formula is C15H20N2O2S. The number of benzene rings is 1. The Labute approximate surface area is 123 Å². The number of nitrogens with zero attached hydrogens (tertiary/aromatic N) is 1. The monoisotopic (exact) mass is 292 g/mol. The zero-order valence-electron chi connectivity index (χ0n) is 12.3. The van der Waals surface area contributed by atoms with Crippen molar-refractivity contribution in [1.82, 2.24) is 10.3 Å². The van der Waals surface area contributed by atoms with E-state index in [1.165, 1.54) is 10.4 Å². The normalized spacial score (nSPS) is 10.8. The number of hydrogen-bond donors (Lipinski definition) is 1. The second-order valence-corrected chi connectivity index (χ2v) is 5.64. The van der Waals surface area contributed by atoms with Crippen molar-refractivity contribution >= 4 is 11.3 Å². The van der Waals surface area contributed by atoms with E-state index in [1.807, 2.05) is 13.1 Å². The number of methoxy groups -OCH3 is 2. The van der Waals surface area contributed by atoms with E-state index in [1.54, 1.807) is 25.6 Å². The first-order valence-corrected chi connectivity index (χ1v) is 7.28. The minimum Gasteiger partial charge on any atom is -0.496 e. The number of aryl methyl sites for hydroxylation is 1. The lowest BCUT2D eigenvalue weighted by Crippen LogP contribution is -2.06. The second-order valence-electron chi connectivity index (χ2n) is 4.56. The topological polar surface area (TPSA) is 43.4 Å². The fourth-order valence-electron chi connectivity index (χ4n) is 2.02. The van der Waals surface area contributed by atoms with E-state index in [0.717, 1.165) is 28.6 Å². The van der Waals surface area contributed by atoms with Crippen LogP contribution in [0.2, 0.25) is 0 Å². The van der Waals surface area contributed by atoms with Crippen molar-refractivity contribution < 1.29 is 9.47 Å². The van der Waals surface area contributed by atoms with Crippen LogP contribution < -0.4 is 10.1 Å². The minimum atomic E-state index is 0.529. The maximum absolute atomic E-state index is 5.47. The molecule has 0 aliphatic heterocycles. The predicted molar refractivity (Wildman–Crippen MR) is 82.3 cm³/mol. The Balaban J connectivity index is 2.44. The van der Waals surface area contributed by atoms with E-state index >= 15 is 0 Å². The lowest BCUT2D eigenvalue weighted by molar-refractivity contribution is 0.181. The van der Waals surface area contributed by atoms with Gasteiger partial charge in [0.25, 0.3) is 0 Å². The maximum atomic E-state index is 5.47. The smallest absolute Gasteiger partial charge is 0.129 e. The molecule has 108 valence electrons. The van der Waals surface area contributed by atoms with Gasteiger partial charge in [0.2, 0.25) is 0 Å². The molecule has 5 heteroatoms. The molecule has 0 radical (unpaired) electrons. The zero-order valence-corrected chi connectivity index (χ0v) is 13.1. The van der Waals surface area contributed by atoms with E-state index in [2.05, 4.69) is 24.4 Å². The van der Waals surface area contributed by atoms with Crippen LogP contribution in [0.4, 0.5) is 0 Å². The Morgan fingerprint density at radius 1 is 1.30 bits per heavy atom. The van der Waals surface area contributed by atoms with Gasteiger partial charge in [-0.1, -0.05) is 6.07 Å². The Morgan fingerprint density at radius 3 is 2.75 bits per heavy atom. The summed E-state index contributed by atoms with van der Waals surface area (Å²) < 4.78 is 10.7. The van der Waals surface area contributed by atoms with Crippen LogP contribution in [0.15, 0.2) is 18.2 Å². The van der Waals surface area contributed by atoms with Gasteiger partial charge in [0, 0.05) is 18.5 Å². The van der Waals surface area contributed by atoms with Gasteiger partial charge in [-0.25, -0.2) is 4.98 Å². The standard InChI is InChI=1S/C15H20N2O2S/c1-10-5-6-11(13(7-10)19-4)15-17-12(9-18-3)14(20-15)8-16-2/h5-7,16H,8-9H2,1-4H3. The minimum absolute atomic E-state index is 0.529. The molecule has 2 rings (SSSR count). The molecule has 1 heterocycles. The first-order chi connectivity index (χ1) is 9.69. The first kappa shape index (κ1) is 15.0. The molecule has 0 saturated heterocycles. The van der Waals surface area contributed by atoms with E-state index in [-0.39, 0.29) is 0 Å². The van der Waals surface area contributed by atoms with Crippen molar-refractivity contribution in [2.45, 2.75) is 20.1 Å². The fraction of sp³-hybridized carbons (Fsp3) is 0.400. The van der Waals surface area contributed by atoms with Gasteiger partial charge in [0.05, 0.1) is 25.0 Å². The highest BCUT2D eigenvalue weighted by atomic mass is 32.1. The molecule has 0 aliphatic rings. The Morgan fingerprint density at radius 2 is 2.10 bits per heavy atom. The summed E-state index contributed by atoms with van der Waals surface area (Å²) in [5.74, 6) is 0.860. The van der Waals surface area contributed by atoms with Crippen molar-refractivity contribution in [1.29, 1.82) is 0 Å². The average Bonchev–Trinajstić information content (AvgIpc) is 2.82. The molecule has 1 aromatic carbocycles. The van der Waals surface area contributed by atoms with Crippen molar-refractivity contribution in [2.24, 2.45) is 0 Å². The first-order valence-electron chi connectivity index (χ1n) is 6.46. The van der Waals surface area contributed by atoms with Gasteiger partial charge in [-0.15, -0.1) is 11.3 Å². The van der Waals surface area contributed by atoms with Crippen LogP contribution in [0.3, 0.4) is 0 Å². The number of thiazole rings is 1. The van der Waals surface area contributed by atoms with Gasteiger partial charge in [-0.05, 0) is 31.7 Å². The number of ether oxygens (including phenoxy) is 2. The molecule has 0 saturated carbocycles. The third-order valence-corrected chi connectivity index (χ3v) is 4.11. The SMILES string of the molecule is CNCc1sc(-c2ccc(C)cc2OC)nc1COC. The number of nitrogens with one attached hydrogen (secondary N) is 1. The number of hydrogen-bond acceptors (Lipinski definition) is 5. The zero-order chi connectivity index (χ0) is 14.5. The summed E-state index contributed by atoms with van der Waals surface area (Å²) >= 11 is 1.68. The maximum Gasteiger partial charge on any atom is 0.129 e. The van der Waals surface area contributed by atoms with Crippen LogP contribution in [0.1, 0.15) is 16.1 Å². The van der Waals surface area contributed by atoms with Crippen LogP contribution in [-0.4, -0.2) is 26.3 Å². The van der Waals surface area contributed by atoms with Crippen molar-refractivity contribution in [3.05, 3.63) is 34.3 Å². The van der Waals surface area contributed by atoms with E-state index in [0.29, 0.717) is 6.61 Å². The molecule has 1 aromatic heterocycles. The summed E-state index contributed by atoms with van der Waals surface area (Å²) in [4.78, 5) is 5.90. The van der Waals surface area contributed by atoms with E-state index in [9.17, 15) is 0 Å². The summed E-state index contributed by atoms with van der Waals surface area (Å²) in [6.07, 6.45) is 0. The summed E-state index contributed by atoms with van der Waals surface area (Å²) in [6, 6.07) is 6.17. The molecule has 1 N–H and O–H groups in total. The van der Waals surface area contributed by atoms with Gasteiger partial charge in [-0.2, -0.15) is 0 Å². The van der Waals surface area contributed by atoms with Crippen molar-refractivity contribution in [3.8, 4) is 16.3 Å². The fourth-order valence-corrected chi connectivity index (χ4v) is 3.13. The molecule has 4 nitrogen and oxygen atoms in total. The third-order valence-electron chi connectivity index (χ3n) is 2.98. The molecule has 20 heavy (non-hydrogen) atoms. The highest BCUT2D eigenvalue weighted by Gasteiger charge is 2.15. The molecule has 0 spiro atoms. The van der Waals surface area contributed by atoms with Crippen molar-refractivity contribution in [3.63, 3.8) is 0 Å². The second kappa shape index (κ2) is 6.83. The van der Waals surface area contributed by atoms with Crippen molar-refractivity contribution in [2.75, 3.05) is 21.3 Å². The average molecular weight is 292 g/mol. The molecule has 2 aromatic rings. The quantitative estimate of drug-likeness (QED) is 0.889. The lowest BCUT2D eigenvalue weighted by atomic mass is 10.1. The van der Waals surface area contributed by atoms with E-state index in [4.69, 9.17) is 14.5 Å². The summed E-state index contributed by atoms with van der Waals surface area (Å²) in [5.41, 5.74) is 3.20. The molecule has 0 fully saturated rings.